The van der Waals surface area contributed by atoms with Crippen LogP contribution in [0.3, 0.4) is 0 Å². The third kappa shape index (κ3) is 3.38. The van der Waals surface area contributed by atoms with Gasteiger partial charge in [-0.15, -0.1) is 11.6 Å². The first-order valence-corrected chi connectivity index (χ1v) is 5.12. The van der Waals surface area contributed by atoms with Crippen LogP contribution in [0.4, 0.5) is 0 Å². The number of hydrogen-bond acceptors (Lipinski definition) is 1. The maximum atomic E-state index is 10.6. The molecule has 0 aliphatic heterocycles. The van der Waals surface area contributed by atoms with E-state index in [-0.39, 0.29) is 6.42 Å². The Kier molecular flexibility index (Phi) is 4.47. The second kappa shape index (κ2) is 5.66. The molecule has 0 radical (unpaired) electrons. The smallest absolute Gasteiger partial charge is 0.307 e. The van der Waals surface area contributed by atoms with E-state index in [1.54, 1.807) is 0 Å². The van der Waals surface area contributed by atoms with Crippen LogP contribution in [-0.4, -0.2) is 17.0 Å². The van der Waals surface area contributed by atoms with Gasteiger partial charge in [-0.25, -0.2) is 0 Å². The number of aryl methyl sites for hydroxylation is 1. The molecule has 0 saturated carbocycles. The van der Waals surface area contributed by atoms with E-state index in [2.05, 4.69) is 0 Å². The summed E-state index contributed by atoms with van der Waals surface area (Å²) in [7, 11) is 0. The van der Waals surface area contributed by atoms with Gasteiger partial charge in [0.15, 0.2) is 0 Å². The molecule has 0 saturated heterocycles. The summed E-state index contributed by atoms with van der Waals surface area (Å²) in [4.78, 5) is 10.6. The molecule has 3 heteroatoms. The van der Waals surface area contributed by atoms with Crippen LogP contribution >= 0.6 is 11.6 Å². The van der Waals surface area contributed by atoms with Crippen molar-refractivity contribution in [1.82, 2.24) is 0 Å². The zero-order valence-electron chi connectivity index (χ0n) is 7.87. The molecule has 2 nitrogen and oxygen atoms in total. The van der Waals surface area contributed by atoms with E-state index in [4.69, 9.17) is 16.7 Å². The standard InChI is InChI=1S/C11H13ClO2/c12-7-3-6-9-4-1-2-5-10(9)8-11(13)14/h1-2,4-5H,3,6-8H2,(H,13,14). The molecule has 0 heterocycles. The SMILES string of the molecule is O=C(O)Cc1ccccc1CCCCl. The zero-order chi connectivity index (χ0) is 10.4. The lowest BCUT2D eigenvalue weighted by molar-refractivity contribution is -0.136. The zero-order valence-corrected chi connectivity index (χ0v) is 8.63. The van der Waals surface area contributed by atoms with E-state index >= 15 is 0 Å². The predicted octanol–water partition coefficient (Wildman–Crippen LogP) is 2.49. The van der Waals surface area contributed by atoms with Crippen LogP contribution in [-0.2, 0) is 17.6 Å². The van der Waals surface area contributed by atoms with E-state index in [0.717, 1.165) is 24.0 Å². The van der Waals surface area contributed by atoms with E-state index in [1.165, 1.54) is 0 Å². The van der Waals surface area contributed by atoms with Gasteiger partial charge in [0.1, 0.15) is 0 Å². The van der Waals surface area contributed by atoms with Crippen molar-refractivity contribution in [2.24, 2.45) is 0 Å². The Morgan fingerprint density at radius 3 is 2.50 bits per heavy atom. The lowest BCUT2D eigenvalue weighted by Gasteiger charge is -2.05. The molecule has 76 valence electrons. The monoisotopic (exact) mass is 212 g/mol. The molecule has 1 N–H and O–H groups in total. The quantitative estimate of drug-likeness (QED) is 0.762. The molecule has 0 aliphatic carbocycles. The number of carboxylic acid groups (broad SMARTS) is 1. The van der Waals surface area contributed by atoms with Crippen molar-refractivity contribution < 1.29 is 9.90 Å². The summed E-state index contributed by atoms with van der Waals surface area (Å²) in [6.45, 7) is 0. The van der Waals surface area contributed by atoms with Crippen LogP contribution in [0.1, 0.15) is 17.5 Å². The summed E-state index contributed by atoms with van der Waals surface area (Å²) >= 11 is 5.59. The Morgan fingerprint density at radius 1 is 1.29 bits per heavy atom. The summed E-state index contributed by atoms with van der Waals surface area (Å²) in [5.41, 5.74) is 1.99. The number of aliphatic carboxylic acids is 1. The average molecular weight is 213 g/mol. The fraction of sp³-hybridized carbons (Fsp3) is 0.364. The Balaban J connectivity index is 2.74. The number of rotatable bonds is 5. The lowest BCUT2D eigenvalue weighted by Crippen LogP contribution is -2.03. The molecular formula is C11H13ClO2. The van der Waals surface area contributed by atoms with Gasteiger partial charge in [-0.2, -0.15) is 0 Å². The molecule has 0 bridgehead atoms. The topological polar surface area (TPSA) is 37.3 Å². The minimum Gasteiger partial charge on any atom is -0.481 e. The number of benzene rings is 1. The van der Waals surface area contributed by atoms with Gasteiger partial charge in [-0.05, 0) is 24.0 Å². The van der Waals surface area contributed by atoms with E-state index in [1.807, 2.05) is 24.3 Å². The number of halogens is 1. The molecular weight excluding hydrogens is 200 g/mol. The van der Waals surface area contributed by atoms with Gasteiger partial charge in [0, 0.05) is 5.88 Å². The van der Waals surface area contributed by atoms with Gasteiger partial charge in [-0.3, -0.25) is 4.79 Å². The maximum Gasteiger partial charge on any atom is 0.307 e. The molecule has 0 amide bonds. The molecule has 1 aromatic rings. The predicted molar refractivity (Wildman–Crippen MR) is 56.8 cm³/mol. The second-order valence-corrected chi connectivity index (χ2v) is 3.51. The number of hydrogen-bond donors (Lipinski definition) is 1. The Hall–Kier alpha value is -1.02. The second-order valence-electron chi connectivity index (χ2n) is 3.13. The van der Waals surface area contributed by atoms with Crippen molar-refractivity contribution >= 4 is 17.6 Å². The highest BCUT2D eigenvalue weighted by atomic mass is 35.5. The van der Waals surface area contributed by atoms with Crippen molar-refractivity contribution in [3.05, 3.63) is 35.4 Å². The minimum absolute atomic E-state index is 0.0957. The first-order chi connectivity index (χ1) is 6.74. The van der Waals surface area contributed by atoms with Crippen LogP contribution < -0.4 is 0 Å². The minimum atomic E-state index is -0.789. The largest absolute Gasteiger partial charge is 0.481 e. The van der Waals surface area contributed by atoms with Crippen molar-refractivity contribution in [2.45, 2.75) is 19.3 Å². The van der Waals surface area contributed by atoms with E-state index < -0.39 is 5.97 Å². The van der Waals surface area contributed by atoms with Gasteiger partial charge in [0.25, 0.3) is 0 Å². The molecule has 1 aromatic carbocycles. The molecule has 0 aliphatic rings. The van der Waals surface area contributed by atoms with Crippen LogP contribution in [0.25, 0.3) is 0 Å². The van der Waals surface area contributed by atoms with E-state index in [9.17, 15) is 4.79 Å². The summed E-state index contributed by atoms with van der Waals surface area (Å²) in [6.07, 6.45) is 1.84. The van der Waals surface area contributed by atoms with Crippen molar-refractivity contribution in [3.63, 3.8) is 0 Å². The highest BCUT2D eigenvalue weighted by molar-refractivity contribution is 6.17. The first-order valence-electron chi connectivity index (χ1n) is 4.58. The Morgan fingerprint density at radius 2 is 1.93 bits per heavy atom. The fourth-order valence-electron chi connectivity index (χ4n) is 1.39. The highest BCUT2D eigenvalue weighted by Gasteiger charge is 2.05. The van der Waals surface area contributed by atoms with E-state index in [0.29, 0.717) is 5.88 Å². The average Bonchev–Trinajstić information content (AvgIpc) is 2.16. The van der Waals surface area contributed by atoms with Gasteiger partial charge in [-0.1, -0.05) is 24.3 Å². The molecule has 0 aromatic heterocycles. The summed E-state index contributed by atoms with van der Waals surface area (Å²) in [5, 5.41) is 8.69. The third-order valence-electron chi connectivity index (χ3n) is 2.04. The molecule has 0 unspecified atom stereocenters. The van der Waals surface area contributed by atoms with Crippen LogP contribution in [0.5, 0.6) is 0 Å². The number of alkyl halides is 1. The number of carboxylic acids is 1. The summed E-state index contributed by atoms with van der Waals surface area (Å²) < 4.78 is 0. The normalized spacial score (nSPS) is 10.1. The Bertz CT molecular complexity index is 310. The van der Waals surface area contributed by atoms with Crippen LogP contribution in [0, 0.1) is 0 Å². The highest BCUT2D eigenvalue weighted by Crippen LogP contribution is 2.12. The van der Waals surface area contributed by atoms with Gasteiger partial charge in [0.2, 0.25) is 0 Å². The van der Waals surface area contributed by atoms with Crippen molar-refractivity contribution in [1.29, 1.82) is 0 Å². The summed E-state index contributed by atoms with van der Waals surface area (Å²) in [5.74, 6) is -0.176. The van der Waals surface area contributed by atoms with Crippen molar-refractivity contribution in [3.8, 4) is 0 Å². The van der Waals surface area contributed by atoms with Crippen LogP contribution in [0.2, 0.25) is 0 Å². The lowest BCUT2D eigenvalue weighted by atomic mass is 10.0. The third-order valence-corrected chi connectivity index (χ3v) is 2.31. The fourth-order valence-corrected chi connectivity index (χ4v) is 1.53. The summed E-state index contributed by atoms with van der Waals surface area (Å²) in [6, 6.07) is 7.61. The molecule has 0 spiro atoms. The Labute approximate surface area is 88.5 Å². The maximum absolute atomic E-state index is 10.6. The molecule has 1 rings (SSSR count). The number of carbonyl (C=O) groups is 1. The first kappa shape index (κ1) is 11.1. The molecule has 0 atom stereocenters. The van der Waals surface area contributed by atoms with Gasteiger partial charge < -0.3 is 5.11 Å². The van der Waals surface area contributed by atoms with Crippen molar-refractivity contribution in [2.75, 3.05) is 5.88 Å². The molecule has 0 fully saturated rings. The van der Waals surface area contributed by atoms with Gasteiger partial charge in [0.05, 0.1) is 6.42 Å². The molecule has 14 heavy (non-hydrogen) atoms. The van der Waals surface area contributed by atoms with Crippen LogP contribution in [0.15, 0.2) is 24.3 Å². The van der Waals surface area contributed by atoms with Gasteiger partial charge >= 0.3 is 5.97 Å².